The van der Waals surface area contributed by atoms with Crippen LogP contribution in [-0.4, -0.2) is 44.4 Å². The summed E-state index contributed by atoms with van der Waals surface area (Å²) >= 11 is 59.7. The number of rotatable bonds is 1. The van der Waals surface area contributed by atoms with Gasteiger partial charge in [-0.1, -0.05) is 23.2 Å². The average Bonchev–Trinajstić information content (AvgIpc) is 2.53. The molecule has 0 saturated heterocycles. The fourth-order valence-electron chi connectivity index (χ4n) is 6.30. The molecule has 22 heavy (non-hydrogen) atoms. The summed E-state index contributed by atoms with van der Waals surface area (Å²) in [5.74, 6) is 4.53. The molecule has 6 fully saturated rings. The van der Waals surface area contributed by atoms with Crippen LogP contribution in [0.15, 0.2) is 0 Å². The number of hydrogen-bond donors (Lipinski definition) is 2. The summed E-state index contributed by atoms with van der Waals surface area (Å²) in [6.07, 6.45) is 0. The van der Waals surface area contributed by atoms with Crippen LogP contribution in [0.25, 0.3) is 0 Å². The molecule has 3 N–H and O–H groups in total. The summed E-state index contributed by atoms with van der Waals surface area (Å²) in [6.45, 7) is 0. The number of halogens is 9. The fraction of sp³-hybridized carbons (Fsp3) is 0.900. The Balaban J connectivity index is 1.96. The first-order valence-corrected chi connectivity index (χ1v) is 9.35. The molecule has 6 rings (SSSR count). The van der Waals surface area contributed by atoms with E-state index in [0.29, 0.717) is 0 Å². The normalized spacial score (nSPS) is 76.8. The molecule has 8 atom stereocenters. The molecule has 0 aromatic rings. The van der Waals surface area contributed by atoms with Gasteiger partial charge in [0.2, 0.25) is 5.91 Å². The summed E-state index contributed by atoms with van der Waals surface area (Å²) in [4.78, 5) is 0.778. The van der Waals surface area contributed by atoms with Crippen molar-refractivity contribution >= 4 is 110 Å². The van der Waals surface area contributed by atoms with Crippen LogP contribution < -0.4 is 11.3 Å². The van der Waals surface area contributed by atoms with Crippen molar-refractivity contribution in [1.29, 1.82) is 0 Å². The third-order valence-electron chi connectivity index (χ3n) is 6.68. The molecule has 0 radical (unpaired) electrons. The molecule has 0 spiro atoms. The van der Waals surface area contributed by atoms with Gasteiger partial charge in [-0.25, -0.2) is 5.84 Å². The summed E-state index contributed by atoms with van der Waals surface area (Å²) in [6, 6.07) is 0. The van der Waals surface area contributed by atoms with Gasteiger partial charge in [-0.05, 0) is 0 Å². The lowest BCUT2D eigenvalue weighted by Gasteiger charge is -3.04. The molecule has 12 heteroatoms. The Kier molecular flexibility index (Phi) is 2.29. The van der Waals surface area contributed by atoms with Gasteiger partial charge >= 0.3 is 0 Å². The van der Waals surface area contributed by atoms with Crippen molar-refractivity contribution in [3.05, 3.63) is 0 Å². The number of nitrogens with one attached hydrogen (secondary N) is 1. The van der Waals surface area contributed by atoms with Gasteiger partial charge in [0.1, 0.15) is 39.5 Å². The largest absolute Gasteiger partial charge is 0.294 e. The highest BCUT2D eigenvalue weighted by molar-refractivity contribution is 6.79. The van der Waals surface area contributed by atoms with Crippen molar-refractivity contribution < 1.29 is 4.79 Å². The van der Waals surface area contributed by atoms with Crippen molar-refractivity contribution in [2.24, 2.45) is 11.3 Å². The minimum Gasteiger partial charge on any atom is -0.294 e. The van der Waals surface area contributed by atoms with Crippen LogP contribution in [0, 0.1) is 5.41 Å². The Bertz CT molecular complexity index is 710. The highest BCUT2D eigenvalue weighted by atomic mass is 35.5. The zero-order valence-corrected chi connectivity index (χ0v) is 16.7. The van der Waals surface area contributed by atoms with E-state index in [0.717, 1.165) is 0 Å². The molecule has 6 saturated carbocycles. The van der Waals surface area contributed by atoms with Crippen LogP contribution in [0.3, 0.4) is 0 Å². The summed E-state index contributed by atoms with van der Waals surface area (Å²) in [5.41, 5.74) is 0.362. The lowest BCUT2D eigenvalue weighted by Crippen LogP contribution is -3.26. The third kappa shape index (κ3) is 0.605. The monoisotopic (exact) mass is 482 g/mol. The Morgan fingerprint density at radius 1 is 0.636 bits per heavy atom. The van der Waals surface area contributed by atoms with E-state index in [-0.39, 0.29) is 0 Å². The highest BCUT2D eigenvalue weighted by Crippen LogP contribution is 3.18. The minimum atomic E-state index is -1.91. The number of amides is 1. The van der Waals surface area contributed by atoms with Crippen molar-refractivity contribution in [2.75, 3.05) is 0 Å². The SMILES string of the molecule is NNC(=O)C12C3(Cl)[C@@]4(Cl)C5(Cl)C(Cl)(Cl)C(Cl)([C@@]14Cl)[C@@]2(Cl)[C@@]53Cl. The lowest BCUT2D eigenvalue weighted by atomic mass is 9.10. The van der Waals surface area contributed by atoms with Gasteiger partial charge in [-0.2, -0.15) is 0 Å². The molecule has 3 nitrogen and oxygen atoms in total. The summed E-state index contributed by atoms with van der Waals surface area (Å²) in [5, 5.41) is 0. The number of alkyl halides is 9. The summed E-state index contributed by atoms with van der Waals surface area (Å²) < 4.78 is -1.91. The second-order valence-electron chi connectivity index (χ2n) is 6.41. The smallest absolute Gasteiger partial charge is 0.245 e. The van der Waals surface area contributed by atoms with Gasteiger partial charge in [0.05, 0.1) is 0 Å². The van der Waals surface area contributed by atoms with Gasteiger partial charge in [-0.15, -0.1) is 81.2 Å². The zero-order chi connectivity index (χ0) is 16.8. The number of carbonyl (C=O) groups excluding carboxylic acids is 1. The first-order valence-electron chi connectivity index (χ1n) is 5.94. The van der Waals surface area contributed by atoms with E-state index in [1.807, 2.05) is 5.43 Å². The van der Waals surface area contributed by atoms with Gasteiger partial charge in [0, 0.05) is 0 Å². The first kappa shape index (κ1) is 16.2. The molecule has 1 amide bonds. The van der Waals surface area contributed by atoms with Gasteiger partial charge in [0.25, 0.3) is 0 Å². The lowest BCUT2D eigenvalue weighted by molar-refractivity contribution is -0.324. The first-order chi connectivity index (χ1) is 9.73. The third-order valence-corrected chi connectivity index (χ3v) is 14.9. The van der Waals surface area contributed by atoms with Crippen molar-refractivity contribution in [1.82, 2.24) is 5.43 Å². The molecule has 6 aliphatic rings. The van der Waals surface area contributed by atoms with E-state index < -0.39 is 49.8 Å². The van der Waals surface area contributed by atoms with Crippen LogP contribution in [0.1, 0.15) is 0 Å². The van der Waals surface area contributed by atoms with E-state index in [2.05, 4.69) is 0 Å². The number of hydrazine groups is 1. The molecule has 2 bridgehead atoms. The Hall–Kier alpha value is 2.04. The van der Waals surface area contributed by atoms with Crippen LogP contribution in [-0.2, 0) is 4.79 Å². The van der Waals surface area contributed by atoms with E-state index in [1.165, 1.54) is 0 Å². The maximum absolute atomic E-state index is 12.5. The number of carbonyl (C=O) groups is 1. The maximum Gasteiger partial charge on any atom is 0.245 e. The van der Waals surface area contributed by atoms with Crippen molar-refractivity contribution in [3.8, 4) is 0 Å². The maximum atomic E-state index is 12.5. The summed E-state index contributed by atoms with van der Waals surface area (Å²) in [7, 11) is 0. The molecule has 6 aliphatic carbocycles. The molecular weight excluding hydrogens is 483 g/mol. The predicted octanol–water partition coefficient (Wildman–Crippen LogP) is 3.05. The molecular formula is C10H3Cl9N2O. The van der Waals surface area contributed by atoms with Gasteiger partial charge < -0.3 is 0 Å². The highest BCUT2D eigenvalue weighted by Gasteiger charge is 3.37. The minimum absolute atomic E-state index is 0.735. The van der Waals surface area contributed by atoms with Gasteiger partial charge in [-0.3, -0.25) is 10.2 Å². The number of hydrogen-bond acceptors (Lipinski definition) is 2. The zero-order valence-electron chi connectivity index (χ0n) is 9.89. The molecule has 0 aliphatic heterocycles. The second-order valence-corrected chi connectivity index (χ2v) is 11.7. The Morgan fingerprint density at radius 2 is 0.955 bits per heavy atom. The topological polar surface area (TPSA) is 55.1 Å². The quantitative estimate of drug-likeness (QED) is 0.259. The van der Waals surface area contributed by atoms with E-state index in [9.17, 15) is 4.79 Å². The van der Waals surface area contributed by atoms with Crippen LogP contribution >= 0.6 is 104 Å². The molecule has 0 heterocycles. The van der Waals surface area contributed by atoms with Crippen molar-refractivity contribution in [3.63, 3.8) is 0 Å². The van der Waals surface area contributed by atoms with E-state index in [4.69, 9.17) is 110 Å². The average molecular weight is 486 g/mol. The molecule has 122 valence electrons. The Labute approximate surface area is 169 Å². The Morgan fingerprint density at radius 3 is 1.32 bits per heavy atom. The fourth-order valence-corrected chi connectivity index (χ4v) is 14.5. The molecule has 0 aromatic carbocycles. The van der Waals surface area contributed by atoms with Crippen LogP contribution in [0.2, 0.25) is 0 Å². The van der Waals surface area contributed by atoms with E-state index in [1.54, 1.807) is 0 Å². The molecule has 0 aromatic heterocycles. The van der Waals surface area contributed by atoms with Gasteiger partial charge in [0.15, 0.2) is 4.33 Å². The van der Waals surface area contributed by atoms with Crippen molar-refractivity contribution in [2.45, 2.75) is 38.5 Å². The second kappa shape index (κ2) is 3.10. The number of nitrogens with two attached hydrogens (primary N) is 1. The standard InChI is InChI=1S/C10H3Cl9N2O/c11-3-2(1(22)21-20)4(12)6(3,14)9(17)7(3,15)5(2,13)8(4,16)10(9,18)19/h20H2,(H,21,22)/t2?,3?,4-,5+,6+,7-,8?,9?. The molecule has 4 unspecified atom stereocenters. The van der Waals surface area contributed by atoms with Crippen LogP contribution in [0.5, 0.6) is 0 Å². The van der Waals surface area contributed by atoms with E-state index >= 15 is 0 Å². The van der Waals surface area contributed by atoms with Crippen LogP contribution in [0.4, 0.5) is 0 Å². The predicted molar refractivity (Wildman–Crippen MR) is 89.3 cm³/mol.